The molecule has 1 aromatic carbocycles. The molecule has 0 spiro atoms. The lowest BCUT2D eigenvalue weighted by atomic mass is 9.88. The number of aromatic nitrogens is 2. The standard InChI is InChI=1S/C19H23N3O2/c1-14-11-21-17(12-20-14)19(23)22-9-8-18(24-2)16(13-22)10-15-6-4-3-5-7-15/h3-7,11-12,16,18H,8-10,13H2,1-2H3/t16-,18+/m1/s1. The molecule has 0 radical (unpaired) electrons. The first kappa shape index (κ1) is 16.6. The lowest BCUT2D eigenvalue weighted by Crippen LogP contribution is -2.47. The van der Waals surface area contributed by atoms with Crippen LogP contribution < -0.4 is 0 Å². The fourth-order valence-corrected chi connectivity index (χ4v) is 3.28. The topological polar surface area (TPSA) is 55.3 Å². The van der Waals surface area contributed by atoms with Crippen molar-refractivity contribution in [2.24, 2.45) is 5.92 Å². The molecule has 0 aliphatic carbocycles. The molecule has 0 saturated carbocycles. The number of benzene rings is 1. The smallest absolute Gasteiger partial charge is 0.274 e. The maximum absolute atomic E-state index is 12.7. The molecule has 1 aromatic heterocycles. The number of carbonyl (C=O) groups excluding carboxylic acids is 1. The molecule has 2 atom stereocenters. The number of aryl methyl sites for hydroxylation is 1. The molecular weight excluding hydrogens is 302 g/mol. The number of amides is 1. The van der Waals surface area contributed by atoms with Crippen LogP contribution in [0.2, 0.25) is 0 Å². The number of hydrogen-bond acceptors (Lipinski definition) is 4. The van der Waals surface area contributed by atoms with Crippen molar-refractivity contribution in [1.82, 2.24) is 14.9 Å². The highest BCUT2D eigenvalue weighted by Crippen LogP contribution is 2.24. The van der Waals surface area contributed by atoms with E-state index in [1.165, 1.54) is 5.56 Å². The van der Waals surface area contributed by atoms with Crippen molar-refractivity contribution >= 4 is 5.91 Å². The highest BCUT2D eigenvalue weighted by atomic mass is 16.5. The molecule has 1 aliphatic heterocycles. The van der Waals surface area contributed by atoms with Gasteiger partial charge in [-0.2, -0.15) is 0 Å². The van der Waals surface area contributed by atoms with Crippen LogP contribution in [0.15, 0.2) is 42.7 Å². The maximum Gasteiger partial charge on any atom is 0.274 e. The second-order valence-corrected chi connectivity index (χ2v) is 6.31. The third-order valence-corrected chi connectivity index (χ3v) is 4.59. The van der Waals surface area contributed by atoms with E-state index in [-0.39, 0.29) is 17.9 Å². The summed E-state index contributed by atoms with van der Waals surface area (Å²) in [5.41, 5.74) is 2.50. The zero-order valence-electron chi connectivity index (χ0n) is 14.2. The van der Waals surface area contributed by atoms with Crippen molar-refractivity contribution < 1.29 is 9.53 Å². The van der Waals surface area contributed by atoms with E-state index in [1.54, 1.807) is 19.5 Å². The lowest BCUT2D eigenvalue weighted by Gasteiger charge is -2.37. The van der Waals surface area contributed by atoms with Gasteiger partial charge in [0.2, 0.25) is 0 Å². The normalized spacial score (nSPS) is 20.8. The Bertz CT molecular complexity index is 673. The number of carbonyl (C=O) groups is 1. The van der Waals surface area contributed by atoms with Gasteiger partial charge in [0.15, 0.2) is 0 Å². The van der Waals surface area contributed by atoms with E-state index in [0.717, 1.165) is 18.5 Å². The third kappa shape index (κ3) is 3.79. The van der Waals surface area contributed by atoms with Gasteiger partial charge in [0.1, 0.15) is 5.69 Å². The van der Waals surface area contributed by atoms with E-state index >= 15 is 0 Å². The highest BCUT2D eigenvalue weighted by molar-refractivity contribution is 5.92. The van der Waals surface area contributed by atoms with Crippen molar-refractivity contribution in [1.29, 1.82) is 0 Å². The number of piperidine rings is 1. The van der Waals surface area contributed by atoms with E-state index < -0.39 is 0 Å². The van der Waals surface area contributed by atoms with Gasteiger partial charge < -0.3 is 9.64 Å². The first-order valence-corrected chi connectivity index (χ1v) is 8.32. The average Bonchev–Trinajstić information content (AvgIpc) is 2.62. The van der Waals surface area contributed by atoms with Gasteiger partial charge in [0.25, 0.3) is 5.91 Å². The molecule has 0 N–H and O–H groups in total. The molecule has 1 saturated heterocycles. The first-order valence-electron chi connectivity index (χ1n) is 8.32. The Morgan fingerprint density at radius 1 is 1.25 bits per heavy atom. The number of rotatable bonds is 4. The Kier molecular flexibility index (Phi) is 5.20. The molecule has 24 heavy (non-hydrogen) atoms. The lowest BCUT2D eigenvalue weighted by molar-refractivity contribution is -0.00318. The van der Waals surface area contributed by atoms with Gasteiger partial charge in [-0.1, -0.05) is 30.3 Å². The van der Waals surface area contributed by atoms with Crippen LogP contribution in [0, 0.1) is 12.8 Å². The van der Waals surface area contributed by atoms with E-state index in [0.29, 0.717) is 18.8 Å². The molecule has 5 heteroatoms. The maximum atomic E-state index is 12.7. The van der Waals surface area contributed by atoms with Gasteiger partial charge in [-0.3, -0.25) is 9.78 Å². The van der Waals surface area contributed by atoms with Gasteiger partial charge in [-0.05, 0) is 25.3 Å². The van der Waals surface area contributed by atoms with Crippen LogP contribution in [-0.2, 0) is 11.2 Å². The fraction of sp³-hybridized carbons (Fsp3) is 0.421. The van der Waals surface area contributed by atoms with E-state index in [1.807, 2.05) is 30.0 Å². The molecule has 2 heterocycles. The van der Waals surface area contributed by atoms with Gasteiger partial charge >= 0.3 is 0 Å². The van der Waals surface area contributed by atoms with Gasteiger partial charge in [0.05, 0.1) is 18.0 Å². The summed E-state index contributed by atoms with van der Waals surface area (Å²) in [7, 11) is 1.76. The van der Waals surface area contributed by atoms with Crippen LogP contribution in [0.1, 0.15) is 28.2 Å². The number of likely N-dealkylation sites (tertiary alicyclic amines) is 1. The zero-order valence-corrected chi connectivity index (χ0v) is 14.2. The van der Waals surface area contributed by atoms with Crippen LogP contribution in [-0.4, -0.2) is 47.1 Å². The fourth-order valence-electron chi connectivity index (χ4n) is 3.28. The number of ether oxygens (including phenoxy) is 1. The van der Waals surface area contributed by atoms with Crippen molar-refractivity contribution in [3.63, 3.8) is 0 Å². The summed E-state index contributed by atoms with van der Waals surface area (Å²) in [4.78, 5) is 23.0. The summed E-state index contributed by atoms with van der Waals surface area (Å²) >= 11 is 0. The molecule has 1 fully saturated rings. The monoisotopic (exact) mass is 325 g/mol. The minimum absolute atomic E-state index is 0.0462. The van der Waals surface area contributed by atoms with Gasteiger partial charge in [0, 0.05) is 32.3 Å². The van der Waals surface area contributed by atoms with Gasteiger partial charge in [-0.25, -0.2) is 4.98 Å². The summed E-state index contributed by atoms with van der Waals surface area (Å²) in [6.45, 7) is 3.24. The third-order valence-electron chi connectivity index (χ3n) is 4.59. The average molecular weight is 325 g/mol. The van der Waals surface area contributed by atoms with Crippen LogP contribution in [0.3, 0.4) is 0 Å². The molecular formula is C19H23N3O2. The Labute approximate surface area is 142 Å². The van der Waals surface area contributed by atoms with E-state index in [4.69, 9.17) is 4.74 Å². The van der Waals surface area contributed by atoms with Crippen molar-refractivity contribution in [3.8, 4) is 0 Å². The van der Waals surface area contributed by atoms with Crippen molar-refractivity contribution in [2.75, 3.05) is 20.2 Å². The predicted octanol–water partition coefficient (Wildman–Crippen LogP) is 2.50. The molecule has 1 aliphatic rings. The Morgan fingerprint density at radius 2 is 2.04 bits per heavy atom. The zero-order chi connectivity index (χ0) is 16.9. The second-order valence-electron chi connectivity index (χ2n) is 6.31. The van der Waals surface area contributed by atoms with Crippen LogP contribution in [0.25, 0.3) is 0 Å². The minimum atomic E-state index is -0.0462. The number of nitrogens with zero attached hydrogens (tertiary/aromatic N) is 3. The largest absolute Gasteiger partial charge is 0.381 e. The van der Waals surface area contributed by atoms with Crippen LogP contribution in [0.5, 0.6) is 0 Å². The molecule has 3 rings (SSSR count). The Morgan fingerprint density at radius 3 is 2.71 bits per heavy atom. The summed E-state index contributed by atoms with van der Waals surface area (Å²) in [5, 5.41) is 0. The van der Waals surface area contributed by atoms with E-state index in [9.17, 15) is 4.79 Å². The minimum Gasteiger partial charge on any atom is -0.381 e. The summed E-state index contributed by atoms with van der Waals surface area (Å²) in [6.07, 6.45) is 5.13. The van der Waals surface area contributed by atoms with Gasteiger partial charge in [-0.15, -0.1) is 0 Å². The molecule has 5 nitrogen and oxygen atoms in total. The summed E-state index contributed by atoms with van der Waals surface area (Å²) in [6, 6.07) is 10.4. The first-order chi connectivity index (χ1) is 11.7. The van der Waals surface area contributed by atoms with Crippen molar-refractivity contribution in [2.45, 2.75) is 25.9 Å². The van der Waals surface area contributed by atoms with Crippen LogP contribution >= 0.6 is 0 Å². The predicted molar refractivity (Wildman–Crippen MR) is 91.7 cm³/mol. The SMILES string of the molecule is CO[C@H]1CCN(C(=O)c2cnc(C)cn2)C[C@H]1Cc1ccccc1. The van der Waals surface area contributed by atoms with E-state index in [2.05, 4.69) is 22.1 Å². The quantitative estimate of drug-likeness (QED) is 0.867. The highest BCUT2D eigenvalue weighted by Gasteiger charge is 2.32. The van der Waals surface area contributed by atoms with Crippen LogP contribution in [0.4, 0.5) is 0 Å². The molecule has 0 unspecified atom stereocenters. The number of hydrogen-bond donors (Lipinski definition) is 0. The molecule has 2 aromatic rings. The number of methoxy groups -OCH3 is 1. The molecule has 1 amide bonds. The van der Waals surface area contributed by atoms with Crippen molar-refractivity contribution in [3.05, 3.63) is 59.7 Å². The second kappa shape index (κ2) is 7.53. The summed E-state index contributed by atoms with van der Waals surface area (Å²) in [5.74, 6) is 0.239. The Balaban J connectivity index is 1.72. The Hall–Kier alpha value is -2.27. The molecule has 0 bridgehead atoms. The molecule has 126 valence electrons. The summed E-state index contributed by atoms with van der Waals surface area (Å²) < 4.78 is 5.66.